The lowest BCUT2D eigenvalue weighted by atomic mass is 10.2. The number of nitrogens with one attached hydrogen (secondary N) is 1. The Labute approximate surface area is 109 Å². The molecule has 1 heterocycles. The molecule has 0 radical (unpaired) electrons. The molecule has 0 spiro atoms. The number of anilines is 1. The third-order valence-electron chi connectivity index (χ3n) is 3.26. The summed E-state index contributed by atoms with van der Waals surface area (Å²) in [5.41, 5.74) is 0.229. The lowest BCUT2D eigenvalue weighted by Gasteiger charge is -2.14. The van der Waals surface area contributed by atoms with E-state index < -0.39 is 16.9 Å². The van der Waals surface area contributed by atoms with E-state index in [1.54, 1.807) is 14.0 Å². The average Bonchev–Trinajstić information content (AvgIpc) is 3.10. The van der Waals surface area contributed by atoms with Crippen molar-refractivity contribution in [1.29, 1.82) is 0 Å². The van der Waals surface area contributed by atoms with E-state index in [9.17, 15) is 14.9 Å². The summed E-state index contributed by atoms with van der Waals surface area (Å²) in [5, 5.41) is 27.1. The minimum absolute atomic E-state index is 0.0390. The van der Waals surface area contributed by atoms with Gasteiger partial charge in [-0.2, -0.15) is 5.10 Å². The van der Waals surface area contributed by atoms with Crippen LogP contribution in [-0.4, -0.2) is 31.8 Å². The standard InChI is InChI=1S/C11H16N4O4/c1-3-7-9(15(18)19)10(14(2)13-7)12-8(11(16)17)6-4-5-6/h6,8,12H,3-5H2,1-2H3,(H,16,17). The number of aryl methyl sites for hydroxylation is 2. The van der Waals surface area contributed by atoms with Crippen LogP contribution in [0.3, 0.4) is 0 Å². The molecule has 8 heteroatoms. The molecular weight excluding hydrogens is 252 g/mol. The van der Waals surface area contributed by atoms with E-state index in [0.717, 1.165) is 12.8 Å². The second kappa shape index (κ2) is 4.87. The van der Waals surface area contributed by atoms with Crippen molar-refractivity contribution in [2.75, 3.05) is 5.32 Å². The highest BCUT2D eigenvalue weighted by Crippen LogP contribution is 2.36. The van der Waals surface area contributed by atoms with E-state index in [1.165, 1.54) is 4.68 Å². The van der Waals surface area contributed by atoms with Crippen LogP contribution in [-0.2, 0) is 18.3 Å². The molecule has 0 saturated heterocycles. The maximum Gasteiger partial charge on any atom is 0.334 e. The number of nitrogens with zero attached hydrogens (tertiary/aromatic N) is 3. The fraction of sp³-hybridized carbons (Fsp3) is 0.636. The number of aliphatic carboxylic acids is 1. The normalized spacial score (nSPS) is 16.1. The van der Waals surface area contributed by atoms with Gasteiger partial charge in [-0.3, -0.25) is 10.1 Å². The van der Waals surface area contributed by atoms with Crippen molar-refractivity contribution in [2.24, 2.45) is 13.0 Å². The van der Waals surface area contributed by atoms with Crippen LogP contribution in [0.5, 0.6) is 0 Å². The van der Waals surface area contributed by atoms with Crippen molar-refractivity contribution in [2.45, 2.75) is 32.2 Å². The summed E-state index contributed by atoms with van der Waals surface area (Å²) < 4.78 is 1.34. The topological polar surface area (TPSA) is 110 Å². The Balaban J connectivity index is 2.35. The predicted octanol–water partition coefficient (Wildman–Crippen LogP) is 1.17. The van der Waals surface area contributed by atoms with Gasteiger partial charge in [0.2, 0.25) is 5.82 Å². The van der Waals surface area contributed by atoms with Gasteiger partial charge < -0.3 is 10.4 Å². The number of nitro groups is 1. The number of carboxylic acids is 1. The first-order valence-electron chi connectivity index (χ1n) is 6.15. The number of carbonyl (C=O) groups is 1. The molecule has 1 aromatic rings. The first kappa shape index (κ1) is 13.3. The summed E-state index contributed by atoms with van der Waals surface area (Å²) in [4.78, 5) is 21.8. The minimum atomic E-state index is -0.990. The Morgan fingerprint density at radius 1 is 1.68 bits per heavy atom. The highest BCUT2D eigenvalue weighted by molar-refractivity contribution is 5.79. The molecule has 1 aliphatic carbocycles. The quantitative estimate of drug-likeness (QED) is 0.591. The molecule has 0 aliphatic heterocycles. The molecule has 19 heavy (non-hydrogen) atoms. The molecule has 1 aromatic heterocycles. The molecule has 0 aromatic carbocycles. The Morgan fingerprint density at radius 3 is 2.74 bits per heavy atom. The predicted molar refractivity (Wildman–Crippen MR) is 67.0 cm³/mol. The highest BCUT2D eigenvalue weighted by Gasteiger charge is 2.38. The summed E-state index contributed by atoms with van der Waals surface area (Å²) >= 11 is 0. The molecule has 2 N–H and O–H groups in total. The van der Waals surface area contributed by atoms with Crippen molar-refractivity contribution in [3.8, 4) is 0 Å². The molecule has 104 valence electrons. The van der Waals surface area contributed by atoms with Gasteiger partial charge in [0.1, 0.15) is 11.7 Å². The molecule has 1 fully saturated rings. The molecule has 2 rings (SSSR count). The van der Waals surface area contributed by atoms with E-state index in [1.807, 2.05) is 0 Å². The van der Waals surface area contributed by atoms with Crippen molar-refractivity contribution >= 4 is 17.5 Å². The van der Waals surface area contributed by atoms with E-state index in [-0.39, 0.29) is 17.4 Å². The van der Waals surface area contributed by atoms with Gasteiger partial charge in [-0.25, -0.2) is 9.48 Å². The van der Waals surface area contributed by atoms with Gasteiger partial charge in [0.05, 0.1) is 4.92 Å². The van der Waals surface area contributed by atoms with Crippen molar-refractivity contribution in [3.05, 3.63) is 15.8 Å². The Hall–Kier alpha value is -2.12. The molecule has 0 bridgehead atoms. The Kier molecular flexibility index (Phi) is 3.41. The molecule has 8 nitrogen and oxygen atoms in total. The van der Waals surface area contributed by atoms with Crippen molar-refractivity contribution in [1.82, 2.24) is 9.78 Å². The maximum atomic E-state index is 11.2. The first-order chi connectivity index (χ1) is 8.95. The molecule has 1 atom stereocenters. The van der Waals surface area contributed by atoms with Crippen LogP contribution in [0, 0.1) is 16.0 Å². The van der Waals surface area contributed by atoms with Crippen LogP contribution in [0.4, 0.5) is 11.5 Å². The molecule has 0 amide bonds. The fourth-order valence-electron chi connectivity index (χ4n) is 2.12. The van der Waals surface area contributed by atoms with Crippen molar-refractivity contribution < 1.29 is 14.8 Å². The second-order valence-corrected chi connectivity index (χ2v) is 4.68. The molecular formula is C11H16N4O4. The zero-order chi connectivity index (χ0) is 14.2. The monoisotopic (exact) mass is 268 g/mol. The summed E-state index contributed by atoms with van der Waals surface area (Å²) in [7, 11) is 1.57. The van der Waals surface area contributed by atoms with E-state index in [2.05, 4.69) is 10.4 Å². The number of hydrogen-bond donors (Lipinski definition) is 2. The first-order valence-corrected chi connectivity index (χ1v) is 6.15. The lowest BCUT2D eigenvalue weighted by Crippen LogP contribution is -2.32. The zero-order valence-electron chi connectivity index (χ0n) is 10.8. The minimum Gasteiger partial charge on any atom is -0.480 e. The number of hydrogen-bond acceptors (Lipinski definition) is 5. The number of aromatic nitrogens is 2. The average molecular weight is 268 g/mol. The smallest absolute Gasteiger partial charge is 0.334 e. The Bertz CT molecular complexity index is 521. The number of rotatable bonds is 6. The van der Waals surface area contributed by atoms with Crippen molar-refractivity contribution in [3.63, 3.8) is 0 Å². The van der Waals surface area contributed by atoms with Crippen LogP contribution in [0.2, 0.25) is 0 Å². The van der Waals surface area contributed by atoms with Gasteiger partial charge in [0.25, 0.3) is 0 Å². The molecule has 1 unspecified atom stereocenters. The van der Waals surface area contributed by atoms with Gasteiger partial charge in [-0.15, -0.1) is 0 Å². The third-order valence-corrected chi connectivity index (χ3v) is 3.26. The SMILES string of the molecule is CCc1nn(C)c(NC(C(=O)O)C2CC2)c1[N+](=O)[O-]. The lowest BCUT2D eigenvalue weighted by molar-refractivity contribution is -0.384. The van der Waals surface area contributed by atoms with Gasteiger partial charge in [0, 0.05) is 7.05 Å². The highest BCUT2D eigenvalue weighted by atomic mass is 16.6. The number of carboxylic acid groups (broad SMARTS) is 1. The van der Waals surface area contributed by atoms with Crippen LogP contribution in [0.25, 0.3) is 0 Å². The zero-order valence-corrected chi connectivity index (χ0v) is 10.8. The van der Waals surface area contributed by atoms with E-state index >= 15 is 0 Å². The van der Waals surface area contributed by atoms with Gasteiger partial charge >= 0.3 is 11.7 Å². The largest absolute Gasteiger partial charge is 0.480 e. The maximum absolute atomic E-state index is 11.2. The van der Waals surface area contributed by atoms with Crippen LogP contribution in [0.15, 0.2) is 0 Å². The third kappa shape index (κ3) is 2.51. The summed E-state index contributed by atoms with van der Waals surface area (Å²) in [6.45, 7) is 1.77. The summed E-state index contributed by atoms with van der Waals surface area (Å²) in [6.07, 6.45) is 2.08. The fourth-order valence-corrected chi connectivity index (χ4v) is 2.12. The Morgan fingerprint density at radius 2 is 2.32 bits per heavy atom. The van der Waals surface area contributed by atoms with Crippen LogP contribution < -0.4 is 5.32 Å². The van der Waals surface area contributed by atoms with E-state index in [4.69, 9.17) is 5.11 Å². The van der Waals surface area contributed by atoms with E-state index in [0.29, 0.717) is 12.1 Å². The van der Waals surface area contributed by atoms with Crippen LogP contribution in [0.1, 0.15) is 25.5 Å². The van der Waals surface area contributed by atoms with Gasteiger partial charge in [-0.05, 0) is 25.2 Å². The summed E-state index contributed by atoms with van der Waals surface area (Å²) in [6, 6.07) is -0.793. The molecule has 1 aliphatic rings. The van der Waals surface area contributed by atoms with Gasteiger partial charge in [0.15, 0.2) is 0 Å². The van der Waals surface area contributed by atoms with Crippen LogP contribution >= 0.6 is 0 Å². The second-order valence-electron chi connectivity index (χ2n) is 4.68. The summed E-state index contributed by atoms with van der Waals surface area (Å²) in [5.74, 6) is -0.783. The molecule has 1 saturated carbocycles. The van der Waals surface area contributed by atoms with Gasteiger partial charge in [-0.1, -0.05) is 6.92 Å².